The molecule has 4 nitrogen and oxygen atoms in total. The zero-order chi connectivity index (χ0) is 10.6. The Labute approximate surface area is 81.1 Å². The molecule has 14 heavy (non-hydrogen) atoms. The van der Waals surface area contributed by atoms with E-state index in [1.165, 1.54) is 13.2 Å². The summed E-state index contributed by atoms with van der Waals surface area (Å²) in [7, 11) is 2.99. The predicted octanol–water partition coefficient (Wildman–Crippen LogP) is 0.631. The number of nitrogens with one attached hydrogen (secondary N) is 1. The number of likely N-dealkylation sites (N-methyl/N-ethyl adjacent to an activating group) is 1. The predicted molar refractivity (Wildman–Crippen MR) is 49.0 cm³/mol. The highest BCUT2D eigenvalue weighted by Gasteiger charge is 2.10. The number of halogens is 1. The number of ketones is 1. The number of hydrogen-bond acceptors (Lipinski definition) is 4. The van der Waals surface area contributed by atoms with Gasteiger partial charge in [-0.15, -0.1) is 0 Å². The summed E-state index contributed by atoms with van der Waals surface area (Å²) < 4.78 is 17.6. The van der Waals surface area contributed by atoms with E-state index >= 15 is 0 Å². The first kappa shape index (κ1) is 10.6. The second-order valence-electron chi connectivity index (χ2n) is 2.66. The maximum absolute atomic E-state index is 12.9. The largest absolute Gasteiger partial charge is 0.494 e. The molecule has 0 unspecified atom stereocenters. The molecule has 0 bridgehead atoms. The molecule has 0 atom stereocenters. The monoisotopic (exact) mass is 198 g/mol. The summed E-state index contributed by atoms with van der Waals surface area (Å²) in [5.74, 6) is -0.751. The second-order valence-corrected chi connectivity index (χ2v) is 2.66. The van der Waals surface area contributed by atoms with Gasteiger partial charge in [0, 0.05) is 6.07 Å². The number of rotatable bonds is 4. The van der Waals surface area contributed by atoms with Crippen molar-refractivity contribution >= 4 is 5.78 Å². The smallest absolute Gasteiger partial charge is 0.195 e. The summed E-state index contributed by atoms with van der Waals surface area (Å²) in [5, 5.41) is 2.69. The number of Topliss-reactive ketones (excluding diaryl/α,β-unsaturated/α-hetero) is 1. The van der Waals surface area contributed by atoms with Crippen LogP contribution in [0, 0.1) is 5.82 Å². The third kappa shape index (κ3) is 2.26. The SMILES string of the molecule is CNCC(=O)c1cc(OC)c(F)cn1. The van der Waals surface area contributed by atoms with Crippen LogP contribution in [0.5, 0.6) is 5.75 Å². The van der Waals surface area contributed by atoms with Crippen molar-refractivity contribution in [2.24, 2.45) is 0 Å². The standard InChI is InChI=1S/C9H11FN2O2/c1-11-5-8(13)7-3-9(14-2)6(10)4-12-7/h3-4,11H,5H2,1-2H3. The van der Waals surface area contributed by atoms with Crippen molar-refractivity contribution in [3.8, 4) is 5.75 Å². The maximum Gasteiger partial charge on any atom is 0.195 e. The molecule has 0 saturated heterocycles. The minimum absolute atomic E-state index is 0.0273. The topological polar surface area (TPSA) is 51.2 Å². The van der Waals surface area contributed by atoms with E-state index in [1.807, 2.05) is 0 Å². The molecule has 0 aliphatic carbocycles. The highest BCUT2D eigenvalue weighted by Crippen LogP contribution is 2.15. The molecule has 1 N–H and O–H groups in total. The molecule has 0 aromatic carbocycles. The van der Waals surface area contributed by atoms with Crippen molar-refractivity contribution in [1.82, 2.24) is 10.3 Å². The van der Waals surface area contributed by atoms with Crippen LogP contribution in [0.4, 0.5) is 4.39 Å². The molecule has 76 valence electrons. The lowest BCUT2D eigenvalue weighted by Gasteiger charge is -2.03. The summed E-state index contributed by atoms with van der Waals surface area (Å²) >= 11 is 0. The van der Waals surface area contributed by atoms with Gasteiger partial charge in [-0.3, -0.25) is 4.79 Å². The Morgan fingerprint density at radius 1 is 1.71 bits per heavy atom. The molecule has 5 heteroatoms. The number of ether oxygens (including phenoxy) is 1. The van der Waals surface area contributed by atoms with Crippen LogP contribution in [0.15, 0.2) is 12.3 Å². The second kappa shape index (κ2) is 4.66. The molecule has 0 spiro atoms. The lowest BCUT2D eigenvalue weighted by molar-refractivity contribution is 0.0988. The Balaban J connectivity index is 2.94. The first-order chi connectivity index (χ1) is 6.69. The van der Waals surface area contributed by atoms with Gasteiger partial charge >= 0.3 is 0 Å². The van der Waals surface area contributed by atoms with Gasteiger partial charge in [-0.25, -0.2) is 9.37 Å². The van der Waals surface area contributed by atoms with Gasteiger partial charge in [0.25, 0.3) is 0 Å². The van der Waals surface area contributed by atoms with Crippen molar-refractivity contribution < 1.29 is 13.9 Å². The van der Waals surface area contributed by atoms with Crippen LogP contribution in [0.1, 0.15) is 10.5 Å². The van der Waals surface area contributed by atoms with Crippen LogP contribution in [0.2, 0.25) is 0 Å². The Morgan fingerprint density at radius 3 is 3.00 bits per heavy atom. The van der Waals surface area contributed by atoms with E-state index in [0.717, 1.165) is 6.20 Å². The Bertz CT molecular complexity index is 342. The van der Waals surface area contributed by atoms with Gasteiger partial charge in [-0.2, -0.15) is 0 Å². The number of hydrogen-bond donors (Lipinski definition) is 1. The van der Waals surface area contributed by atoms with E-state index < -0.39 is 5.82 Å². The highest BCUT2D eigenvalue weighted by atomic mass is 19.1. The highest BCUT2D eigenvalue weighted by molar-refractivity contribution is 5.96. The maximum atomic E-state index is 12.9. The molecular formula is C9H11FN2O2. The van der Waals surface area contributed by atoms with Gasteiger partial charge < -0.3 is 10.1 Å². The van der Waals surface area contributed by atoms with Crippen molar-refractivity contribution in [3.63, 3.8) is 0 Å². The first-order valence-electron chi connectivity index (χ1n) is 4.06. The van der Waals surface area contributed by atoms with Crippen molar-refractivity contribution in [3.05, 3.63) is 23.8 Å². The number of carbonyl (C=O) groups is 1. The van der Waals surface area contributed by atoms with Gasteiger partial charge in [-0.1, -0.05) is 0 Å². The molecule has 1 aromatic rings. The Kier molecular flexibility index (Phi) is 3.53. The Hall–Kier alpha value is -1.49. The quantitative estimate of drug-likeness (QED) is 0.721. The van der Waals surface area contributed by atoms with Crippen LogP contribution in [0.3, 0.4) is 0 Å². The van der Waals surface area contributed by atoms with Gasteiger partial charge in [0.05, 0.1) is 19.9 Å². The molecule has 0 aliphatic rings. The molecule has 1 rings (SSSR count). The average Bonchev–Trinajstić information content (AvgIpc) is 2.19. The van der Waals surface area contributed by atoms with E-state index in [0.29, 0.717) is 0 Å². The molecule has 1 aromatic heterocycles. The third-order valence-corrected chi connectivity index (χ3v) is 1.66. The molecular weight excluding hydrogens is 187 g/mol. The molecule has 0 fully saturated rings. The number of aromatic nitrogens is 1. The van der Waals surface area contributed by atoms with Crippen LogP contribution >= 0.6 is 0 Å². The van der Waals surface area contributed by atoms with E-state index in [-0.39, 0.29) is 23.8 Å². The zero-order valence-electron chi connectivity index (χ0n) is 8.00. The summed E-state index contributed by atoms with van der Waals surface area (Å²) in [6.45, 7) is 0.168. The number of methoxy groups -OCH3 is 1. The Morgan fingerprint density at radius 2 is 2.43 bits per heavy atom. The third-order valence-electron chi connectivity index (χ3n) is 1.66. The summed E-state index contributed by atoms with van der Waals surface area (Å²) in [6, 6.07) is 1.29. The van der Waals surface area contributed by atoms with Crippen LogP contribution < -0.4 is 10.1 Å². The van der Waals surface area contributed by atoms with E-state index in [2.05, 4.69) is 10.3 Å². The lowest BCUT2D eigenvalue weighted by atomic mass is 10.2. The average molecular weight is 198 g/mol. The molecule has 1 heterocycles. The van der Waals surface area contributed by atoms with Gasteiger partial charge in [-0.05, 0) is 7.05 Å². The normalized spacial score (nSPS) is 9.93. The van der Waals surface area contributed by atoms with Gasteiger partial charge in [0.1, 0.15) is 5.69 Å². The number of nitrogens with zero attached hydrogens (tertiary/aromatic N) is 1. The fourth-order valence-corrected chi connectivity index (χ4v) is 0.980. The molecule has 0 amide bonds. The minimum atomic E-state index is -0.575. The molecule has 0 radical (unpaired) electrons. The summed E-state index contributed by atoms with van der Waals surface area (Å²) in [5.41, 5.74) is 0.192. The van der Waals surface area contributed by atoms with Gasteiger partial charge in [0.2, 0.25) is 0 Å². The van der Waals surface area contributed by atoms with Crippen molar-refractivity contribution in [1.29, 1.82) is 0 Å². The minimum Gasteiger partial charge on any atom is -0.494 e. The number of carbonyl (C=O) groups excluding carboxylic acids is 1. The summed E-state index contributed by atoms with van der Waals surface area (Å²) in [6.07, 6.45) is 0.974. The fourth-order valence-electron chi connectivity index (χ4n) is 0.980. The number of pyridine rings is 1. The molecule has 0 aliphatic heterocycles. The van der Waals surface area contributed by atoms with E-state index in [4.69, 9.17) is 4.74 Å². The fraction of sp³-hybridized carbons (Fsp3) is 0.333. The van der Waals surface area contributed by atoms with Gasteiger partial charge in [0.15, 0.2) is 17.3 Å². The van der Waals surface area contributed by atoms with Crippen LogP contribution in [-0.4, -0.2) is 31.5 Å². The van der Waals surface area contributed by atoms with Crippen LogP contribution in [0.25, 0.3) is 0 Å². The summed E-state index contributed by atoms with van der Waals surface area (Å²) in [4.78, 5) is 15.0. The lowest BCUT2D eigenvalue weighted by Crippen LogP contribution is -2.19. The van der Waals surface area contributed by atoms with Crippen molar-refractivity contribution in [2.75, 3.05) is 20.7 Å². The molecule has 0 saturated carbocycles. The van der Waals surface area contributed by atoms with E-state index in [9.17, 15) is 9.18 Å². The van der Waals surface area contributed by atoms with E-state index in [1.54, 1.807) is 7.05 Å². The van der Waals surface area contributed by atoms with Crippen molar-refractivity contribution in [2.45, 2.75) is 0 Å². The zero-order valence-corrected chi connectivity index (χ0v) is 8.00. The van der Waals surface area contributed by atoms with Crippen LogP contribution in [-0.2, 0) is 0 Å². The first-order valence-corrected chi connectivity index (χ1v) is 4.06.